The Hall–Kier alpha value is -1.22. The molecule has 8 heteroatoms. The molecule has 6 nitrogen and oxygen atoms in total. The molecular formula is C16H23N5OS2. The van der Waals surface area contributed by atoms with Crippen molar-refractivity contribution in [2.24, 2.45) is 15.9 Å². The van der Waals surface area contributed by atoms with Crippen molar-refractivity contribution in [2.75, 3.05) is 6.26 Å². The van der Waals surface area contributed by atoms with Crippen LogP contribution in [0.3, 0.4) is 0 Å². The first-order chi connectivity index (χ1) is 11.5. The number of hydrogen-bond acceptors (Lipinski definition) is 6. The maximum atomic E-state index is 12.4. The van der Waals surface area contributed by atoms with Crippen molar-refractivity contribution in [1.82, 2.24) is 10.6 Å². The summed E-state index contributed by atoms with van der Waals surface area (Å²) in [5.41, 5.74) is 6.56. The monoisotopic (exact) mass is 365 g/mol. The van der Waals surface area contributed by atoms with Crippen LogP contribution in [0.5, 0.6) is 0 Å². The number of amidine groups is 1. The summed E-state index contributed by atoms with van der Waals surface area (Å²) in [5.74, 6) is -0.0891. The van der Waals surface area contributed by atoms with Crippen molar-refractivity contribution in [1.29, 1.82) is 0 Å². The zero-order valence-corrected chi connectivity index (χ0v) is 15.5. The highest BCUT2D eigenvalue weighted by molar-refractivity contribution is 8.56. The third-order valence-electron chi connectivity index (χ3n) is 5.26. The molecule has 1 amide bonds. The Labute approximate surface area is 147 Å². The van der Waals surface area contributed by atoms with Crippen LogP contribution in [-0.2, 0) is 0 Å². The van der Waals surface area contributed by atoms with Gasteiger partial charge in [-0.2, -0.15) is 11.3 Å². The fraction of sp³-hybridized carbons (Fsp3) is 0.562. The molecule has 4 N–H and O–H groups in total. The molecule has 130 valence electrons. The van der Waals surface area contributed by atoms with E-state index in [1.54, 1.807) is 0 Å². The lowest BCUT2D eigenvalue weighted by atomic mass is 9.88. The standard InChI is InChI=1S/C16H23N5OS2/c1-9-20-21-16(19-15(22)10-3-4-23-8-10)24(9,2)14-7-13(14)18-12-5-11(17)6-12/h3-4,8,11-14,18H,5-7,17H2,1-2H3,(H,19,21,22). The molecule has 0 aromatic carbocycles. The van der Waals surface area contributed by atoms with Crippen molar-refractivity contribution < 1.29 is 4.79 Å². The normalized spacial score (nSPS) is 40.1. The predicted octanol–water partition coefficient (Wildman–Crippen LogP) is 1.84. The van der Waals surface area contributed by atoms with E-state index < -0.39 is 10.0 Å². The van der Waals surface area contributed by atoms with E-state index >= 15 is 0 Å². The van der Waals surface area contributed by atoms with Gasteiger partial charge in [-0.3, -0.25) is 4.79 Å². The molecule has 0 saturated heterocycles. The summed E-state index contributed by atoms with van der Waals surface area (Å²) in [6.45, 7) is 2.04. The van der Waals surface area contributed by atoms with Gasteiger partial charge in [0.2, 0.25) is 0 Å². The molecule has 3 atom stereocenters. The molecule has 4 rings (SSSR count). The molecule has 2 heterocycles. The number of nitrogens with zero attached hydrogens (tertiary/aromatic N) is 2. The lowest BCUT2D eigenvalue weighted by Crippen LogP contribution is -2.50. The van der Waals surface area contributed by atoms with Crippen LogP contribution in [0.1, 0.15) is 36.5 Å². The van der Waals surface area contributed by atoms with Crippen LogP contribution in [0.15, 0.2) is 27.0 Å². The van der Waals surface area contributed by atoms with E-state index in [-0.39, 0.29) is 5.91 Å². The van der Waals surface area contributed by atoms with Crippen LogP contribution < -0.4 is 16.4 Å². The lowest BCUT2D eigenvalue weighted by molar-refractivity contribution is 0.0978. The largest absolute Gasteiger partial charge is 0.328 e. The minimum atomic E-state index is -1.33. The fourth-order valence-corrected chi connectivity index (χ4v) is 7.14. The van der Waals surface area contributed by atoms with Gasteiger partial charge in [0, 0.05) is 28.8 Å². The van der Waals surface area contributed by atoms with Gasteiger partial charge in [-0.25, -0.2) is 0 Å². The van der Waals surface area contributed by atoms with Gasteiger partial charge in [-0.1, -0.05) is 0 Å². The lowest BCUT2D eigenvalue weighted by Gasteiger charge is -2.36. The zero-order valence-electron chi connectivity index (χ0n) is 13.9. The Morgan fingerprint density at radius 2 is 2.17 bits per heavy atom. The first-order valence-corrected chi connectivity index (χ1v) is 11.3. The summed E-state index contributed by atoms with van der Waals surface area (Å²) in [5, 5.41) is 21.4. The molecule has 3 aliphatic rings. The van der Waals surface area contributed by atoms with Gasteiger partial charge in [-0.05, 0) is 43.9 Å². The number of hydrogen-bond donors (Lipinski definition) is 3. The molecule has 1 aromatic rings. The van der Waals surface area contributed by atoms with Crippen LogP contribution in [0, 0.1) is 0 Å². The molecule has 0 bridgehead atoms. The SMILES string of the molecule is CC1=NN=C(NC(=O)c2ccsc2)S1(C)C1CC1NC1CC(N)C1. The summed E-state index contributed by atoms with van der Waals surface area (Å²) in [6, 6.07) is 3.24. The van der Waals surface area contributed by atoms with E-state index in [1.165, 1.54) is 11.3 Å². The summed E-state index contributed by atoms with van der Waals surface area (Å²) < 4.78 is 0. The minimum absolute atomic E-state index is 0.0891. The molecular weight excluding hydrogens is 342 g/mol. The van der Waals surface area contributed by atoms with Gasteiger partial charge in [0.1, 0.15) is 0 Å². The van der Waals surface area contributed by atoms with E-state index in [0.29, 0.717) is 28.9 Å². The molecule has 1 aromatic heterocycles. The molecule has 24 heavy (non-hydrogen) atoms. The Morgan fingerprint density at radius 1 is 1.38 bits per heavy atom. The third kappa shape index (κ3) is 2.71. The number of rotatable bonds is 4. The van der Waals surface area contributed by atoms with Crippen molar-refractivity contribution in [3.63, 3.8) is 0 Å². The minimum Gasteiger partial charge on any atom is -0.328 e. The average molecular weight is 366 g/mol. The summed E-state index contributed by atoms with van der Waals surface area (Å²) in [6.07, 6.45) is 5.48. The maximum Gasteiger partial charge on any atom is 0.258 e. The second-order valence-corrected chi connectivity index (χ2v) is 11.3. The van der Waals surface area contributed by atoms with Crippen molar-refractivity contribution >= 4 is 37.5 Å². The second kappa shape index (κ2) is 5.94. The highest BCUT2D eigenvalue weighted by Crippen LogP contribution is 2.62. The van der Waals surface area contributed by atoms with Crippen LogP contribution in [0.25, 0.3) is 0 Å². The predicted molar refractivity (Wildman–Crippen MR) is 102 cm³/mol. The van der Waals surface area contributed by atoms with Gasteiger partial charge in [0.15, 0.2) is 5.17 Å². The molecule has 3 unspecified atom stereocenters. The van der Waals surface area contributed by atoms with E-state index in [4.69, 9.17) is 5.73 Å². The number of carbonyl (C=O) groups is 1. The van der Waals surface area contributed by atoms with Gasteiger partial charge in [0.05, 0.1) is 10.6 Å². The molecule has 2 fully saturated rings. The maximum absolute atomic E-state index is 12.4. The fourth-order valence-electron chi connectivity index (χ4n) is 3.45. The number of nitrogens with two attached hydrogens (primary N) is 1. The van der Waals surface area contributed by atoms with Crippen molar-refractivity contribution in [2.45, 2.75) is 49.6 Å². The Balaban J connectivity index is 1.43. The van der Waals surface area contributed by atoms with Crippen LogP contribution in [-0.4, -0.2) is 45.7 Å². The number of amides is 1. The first kappa shape index (κ1) is 16.3. The van der Waals surface area contributed by atoms with Crippen LogP contribution in [0.4, 0.5) is 0 Å². The summed E-state index contributed by atoms with van der Waals surface area (Å²) in [4.78, 5) is 12.4. The quantitative estimate of drug-likeness (QED) is 0.760. The topological polar surface area (TPSA) is 91.9 Å². The van der Waals surface area contributed by atoms with Crippen molar-refractivity contribution in [3.8, 4) is 0 Å². The molecule has 2 aliphatic carbocycles. The Bertz CT molecular complexity index is 710. The van der Waals surface area contributed by atoms with Crippen molar-refractivity contribution in [3.05, 3.63) is 22.4 Å². The van der Waals surface area contributed by atoms with Gasteiger partial charge >= 0.3 is 0 Å². The van der Waals surface area contributed by atoms with E-state index in [9.17, 15) is 4.79 Å². The second-order valence-electron chi connectivity index (χ2n) is 6.95. The van der Waals surface area contributed by atoms with E-state index in [1.807, 2.05) is 23.8 Å². The highest BCUT2D eigenvalue weighted by Gasteiger charge is 2.54. The zero-order chi connectivity index (χ0) is 16.9. The smallest absolute Gasteiger partial charge is 0.258 e. The number of carbonyl (C=O) groups excluding carboxylic acids is 1. The molecule has 0 radical (unpaired) electrons. The Morgan fingerprint density at radius 3 is 2.83 bits per heavy atom. The molecule has 0 spiro atoms. The number of nitrogens with one attached hydrogen (secondary N) is 2. The van der Waals surface area contributed by atoms with Gasteiger partial charge in [-0.15, -0.1) is 20.2 Å². The van der Waals surface area contributed by atoms with Crippen LogP contribution in [0.2, 0.25) is 0 Å². The first-order valence-electron chi connectivity index (χ1n) is 8.23. The van der Waals surface area contributed by atoms with Gasteiger partial charge in [0.25, 0.3) is 5.91 Å². The van der Waals surface area contributed by atoms with E-state index in [2.05, 4.69) is 27.1 Å². The Kier molecular flexibility index (Phi) is 4.03. The highest BCUT2D eigenvalue weighted by atomic mass is 32.3. The summed E-state index contributed by atoms with van der Waals surface area (Å²) >= 11 is 1.52. The molecule has 2 saturated carbocycles. The number of thiophene rings is 1. The van der Waals surface area contributed by atoms with Crippen LogP contribution >= 0.6 is 21.4 Å². The third-order valence-corrected chi connectivity index (χ3v) is 9.97. The van der Waals surface area contributed by atoms with E-state index in [0.717, 1.165) is 29.5 Å². The summed E-state index contributed by atoms with van der Waals surface area (Å²) in [7, 11) is -1.33. The average Bonchev–Trinajstić information content (AvgIpc) is 2.97. The molecule has 1 aliphatic heterocycles. The van der Waals surface area contributed by atoms with Gasteiger partial charge < -0.3 is 16.4 Å².